The fourth-order valence-electron chi connectivity index (χ4n) is 1.98. The number of thiazole rings is 1. The summed E-state index contributed by atoms with van der Waals surface area (Å²) in [4.78, 5) is 25.2. The Bertz CT molecular complexity index is 354. The minimum absolute atomic E-state index is 0.308. The number of carbonyl (C=O) groups excluding carboxylic acids is 1. The first-order valence-corrected chi connectivity index (χ1v) is 8.44. The molecule has 0 aliphatic heterocycles. The predicted molar refractivity (Wildman–Crippen MR) is 80.6 cm³/mol. The fourth-order valence-corrected chi connectivity index (χ4v) is 2.50. The van der Waals surface area contributed by atoms with Gasteiger partial charge in [-0.25, -0.2) is 9.78 Å². The first-order valence-electron chi connectivity index (χ1n) is 7.49. The summed E-state index contributed by atoms with van der Waals surface area (Å²) >= 11 is 1.36. The zero-order valence-corrected chi connectivity index (χ0v) is 13.3. The maximum Gasteiger partial charge on any atom is 0.392 e. The van der Waals surface area contributed by atoms with Crippen molar-refractivity contribution in [3.63, 3.8) is 0 Å². The van der Waals surface area contributed by atoms with E-state index in [9.17, 15) is 4.79 Å². The standard InChI is InChI=1S/C15H25NO3S/c1-3-5-6-7-8-9-13(4-2)10-18-19-15(17)14-11-20-12-16-14/h11-13H,3-10H2,1-2H3. The summed E-state index contributed by atoms with van der Waals surface area (Å²) < 4.78 is 0. The summed E-state index contributed by atoms with van der Waals surface area (Å²) in [6.45, 7) is 4.84. The van der Waals surface area contributed by atoms with Crippen LogP contribution in [0, 0.1) is 5.92 Å². The van der Waals surface area contributed by atoms with Crippen molar-refractivity contribution in [2.45, 2.75) is 58.8 Å². The highest BCUT2D eigenvalue weighted by atomic mass is 32.1. The molecule has 0 aromatic carbocycles. The van der Waals surface area contributed by atoms with Gasteiger partial charge in [-0.3, -0.25) is 4.89 Å². The van der Waals surface area contributed by atoms with Gasteiger partial charge in [0.15, 0.2) is 5.69 Å². The van der Waals surface area contributed by atoms with Crippen molar-refractivity contribution in [3.05, 3.63) is 16.6 Å². The molecule has 1 unspecified atom stereocenters. The fraction of sp³-hybridized carbons (Fsp3) is 0.733. The number of hydrogen-bond donors (Lipinski definition) is 0. The van der Waals surface area contributed by atoms with Gasteiger partial charge >= 0.3 is 5.97 Å². The zero-order chi connectivity index (χ0) is 14.6. The first kappa shape index (κ1) is 17.1. The monoisotopic (exact) mass is 299 g/mol. The van der Waals surface area contributed by atoms with E-state index in [0.717, 1.165) is 12.8 Å². The van der Waals surface area contributed by atoms with Crippen LogP contribution in [0.2, 0.25) is 0 Å². The van der Waals surface area contributed by atoms with Gasteiger partial charge < -0.3 is 0 Å². The van der Waals surface area contributed by atoms with Crippen LogP contribution >= 0.6 is 11.3 Å². The van der Waals surface area contributed by atoms with Crippen LogP contribution in [0.5, 0.6) is 0 Å². The maximum absolute atomic E-state index is 11.5. The summed E-state index contributed by atoms with van der Waals surface area (Å²) in [6, 6.07) is 0. The van der Waals surface area contributed by atoms with Crippen LogP contribution in [-0.4, -0.2) is 17.6 Å². The summed E-state index contributed by atoms with van der Waals surface area (Å²) in [5.41, 5.74) is 1.91. The van der Waals surface area contributed by atoms with Crippen LogP contribution in [-0.2, 0) is 9.78 Å². The van der Waals surface area contributed by atoms with Crippen molar-refractivity contribution in [2.24, 2.45) is 5.92 Å². The smallest absolute Gasteiger partial charge is 0.291 e. The molecule has 114 valence electrons. The Labute approximate surface area is 125 Å². The van der Waals surface area contributed by atoms with Gasteiger partial charge in [0.2, 0.25) is 0 Å². The summed E-state index contributed by atoms with van der Waals surface area (Å²) in [6.07, 6.45) is 8.58. The normalized spacial score (nSPS) is 12.3. The molecule has 0 N–H and O–H groups in total. The lowest BCUT2D eigenvalue weighted by Crippen LogP contribution is -2.13. The van der Waals surface area contributed by atoms with Gasteiger partial charge in [0, 0.05) is 5.38 Å². The predicted octanol–water partition coefficient (Wildman–Crippen LogP) is 4.62. The van der Waals surface area contributed by atoms with Crippen molar-refractivity contribution in [2.75, 3.05) is 6.61 Å². The average molecular weight is 299 g/mol. The van der Waals surface area contributed by atoms with E-state index in [0.29, 0.717) is 18.2 Å². The molecule has 0 radical (unpaired) electrons. The molecule has 5 heteroatoms. The highest BCUT2D eigenvalue weighted by molar-refractivity contribution is 7.07. The molecule has 0 saturated carbocycles. The molecule has 4 nitrogen and oxygen atoms in total. The minimum atomic E-state index is -0.510. The van der Waals surface area contributed by atoms with Crippen molar-refractivity contribution < 1.29 is 14.6 Å². The Morgan fingerprint density at radius 3 is 2.75 bits per heavy atom. The molecule has 1 atom stereocenters. The van der Waals surface area contributed by atoms with E-state index in [4.69, 9.17) is 9.78 Å². The second kappa shape index (κ2) is 10.8. The van der Waals surface area contributed by atoms with Crippen LogP contribution in [0.4, 0.5) is 0 Å². The third kappa shape index (κ3) is 7.01. The van der Waals surface area contributed by atoms with Gasteiger partial charge in [-0.1, -0.05) is 52.4 Å². The molecule has 0 spiro atoms. The van der Waals surface area contributed by atoms with Crippen molar-refractivity contribution in [1.82, 2.24) is 4.98 Å². The molecular formula is C15H25NO3S. The Hall–Kier alpha value is -0.940. The molecule has 1 rings (SSSR count). The summed E-state index contributed by atoms with van der Waals surface area (Å²) in [5.74, 6) is -0.0519. The van der Waals surface area contributed by atoms with Crippen LogP contribution in [0.25, 0.3) is 0 Å². The second-order valence-corrected chi connectivity index (χ2v) is 5.72. The number of unbranched alkanes of at least 4 members (excludes halogenated alkanes) is 4. The van der Waals surface area contributed by atoms with Gasteiger partial charge in [-0.05, 0) is 12.3 Å². The average Bonchev–Trinajstić information content (AvgIpc) is 2.99. The largest absolute Gasteiger partial charge is 0.392 e. The maximum atomic E-state index is 11.5. The Balaban J connectivity index is 2.10. The zero-order valence-electron chi connectivity index (χ0n) is 12.5. The highest BCUT2D eigenvalue weighted by Crippen LogP contribution is 2.15. The summed E-state index contributed by atoms with van der Waals surface area (Å²) in [7, 11) is 0. The molecule has 0 aliphatic rings. The lowest BCUT2D eigenvalue weighted by Gasteiger charge is -2.13. The third-order valence-corrected chi connectivity index (χ3v) is 3.96. The van der Waals surface area contributed by atoms with E-state index < -0.39 is 5.97 Å². The number of nitrogens with zero attached hydrogens (tertiary/aromatic N) is 1. The quantitative estimate of drug-likeness (QED) is 0.340. The van der Waals surface area contributed by atoms with Crippen LogP contribution in [0.15, 0.2) is 10.9 Å². The van der Waals surface area contributed by atoms with Crippen LogP contribution in [0.1, 0.15) is 69.3 Å². The Morgan fingerprint density at radius 2 is 2.10 bits per heavy atom. The molecule has 1 heterocycles. The van der Waals surface area contributed by atoms with Crippen LogP contribution < -0.4 is 0 Å². The van der Waals surface area contributed by atoms with Gasteiger partial charge in [0.05, 0.1) is 12.1 Å². The molecule has 0 aliphatic carbocycles. The first-order chi connectivity index (χ1) is 9.77. The van der Waals surface area contributed by atoms with Crippen molar-refractivity contribution >= 4 is 17.3 Å². The lowest BCUT2D eigenvalue weighted by atomic mass is 9.99. The molecule has 0 bridgehead atoms. The number of aromatic nitrogens is 1. The van der Waals surface area contributed by atoms with Crippen molar-refractivity contribution in [3.8, 4) is 0 Å². The van der Waals surface area contributed by atoms with Crippen LogP contribution in [0.3, 0.4) is 0 Å². The molecule has 20 heavy (non-hydrogen) atoms. The Kier molecular flexibility index (Phi) is 9.24. The van der Waals surface area contributed by atoms with E-state index in [1.54, 1.807) is 10.9 Å². The number of hydrogen-bond acceptors (Lipinski definition) is 5. The summed E-state index contributed by atoms with van der Waals surface area (Å²) in [5, 5.41) is 1.65. The lowest BCUT2D eigenvalue weighted by molar-refractivity contribution is -0.249. The van der Waals surface area contributed by atoms with E-state index in [2.05, 4.69) is 18.8 Å². The van der Waals surface area contributed by atoms with Crippen molar-refractivity contribution in [1.29, 1.82) is 0 Å². The molecular weight excluding hydrogens is 274 g/mol. The van der Waals surface area contributed by atoms with Gasteiger partial charge in [-0.15, -0.1) is 11.3 Å². The molecule has 0 fully saturated rings. The molecule has 0 amide bonds. The van der Waals surface area contributed by atoms with E-state index in [1.165, 1.54) is 43.4 Å². The number of carbonyl (C=O) groups is 1. The second-order valence-electron chi connectivity index (χ2n) is 5.01. The van der Waals surface area contributed by atoms with E-state index >= 15 is 0 Å². The van der Waals surface area contributed by atoms with Gasteiger partial charge in [0.1, 0.15) is 0 Å². The Morgan fingerprint density at radius 1 is 1.30 bits per heavy atom. The minimum Gasteiger partial charge on any atom is -0.291 e. The van der Waals surface area contributed by atoms with Gasteiger partial charge in [-0.2, -0.15) is 4.89 Å². The molecule has 1 aromatic heterocycles. The van der Waals surface area contributed by atoms with E-state index in [1.807, 2.05) is 0 Å². The highest BCUT2D eigenvalue weighted by Gasteiger charge is 2.12. The van der Waals surface area contributed by atoms with Gasteiger partial charge in [0.25, 0.3) is 0 Å². The third-order valence-electron chi connectivity index (χ3n) is 3.37. The topological polar surface area (TPSA) is 48.4 Å². The number of rotatable bonds is 11. The SMILES string of the molecule is CCCCCCCC(CC)COOC(=O)c1cscn1. The molecule has 0 saturated heterocycles. The molecule has 1 aromatic rings. The van der Waals surface area contributed by atoms with E-state index in [-0.39, 0.29) is 0 Å².